The van der Waals surface area contributed by atoms with E-state index in [9.17, 15) is 4.79 Å². The second-order valence-electron chi connectivity index (χ2n) is 4.10. The number of hydrogen-bond donors (Lipinski definition) is 1. The van der Waals surface area contributed by atoms with E-state index in [1.807, 2.05) is 13.0 Å². The Morgan fingerprint density at radius 1 is 1.37 bits per heavy atom. The van der Waals surface area contributed by atoms with Gasteiger partial charge in [0.1, 0.15) is 0 Å². The van der Waals surface area contributed by atoms with Crippen molar-refractivity contribution >= 4 is 46.1 Å². The molecule has 0 spiro atoms. The number of halogens is 2. The fraction of sp³-hybridized carbons (Fsp3) is 0.214. The molecular weight excluding hydrogens is 301 g/mol. The van der Waals surface area contributed by atoms with Crippen molar-refractivity contribution < 1.29 is 4.79 Å². The molecule has 0 saturated carbocycles. The van der Waals surface area contributed by atoms with Crippen LogP contribution in [0.15, 0.2) is 24.3 Å². The SMILES string of the molecule is CCc1cc(C(=O)Nc2cccc(Cl)c2Cl)sc1C. The Hall–Kier alpha value is -1.03. The number of carbonyl (C=O) groups excluding carboxylic acids is 1. The molecule has 0 saturated heterocycles. The minimum absolute atomic E-state index is 0.156. The highest BCUT2D eigenvalue weighted by molar-refractivity contribution is 7.14. The number of amides is 1. The van der Waals surface area contributed by atoms with Crippen molar-refractivity contribution in [1.29, 1.82) is 0 Å². The zero-order chi connectivity index (χ0) is 14.0. The Labute approximate surface area is 126 Å². The first-order chi connectivity index (χ1) is 9.02. The third kappa shape index (κ3) is 3.11. The predicted octanol–water partition coefficient (Wildman–Crippen LogP) is 5.18. The summed E-state index contributed by atoms with van der Waals surface area (Å²) in [7, 11) is 0. The minimum Gasteiger partial charge on any atom is -0.320 e. The summed E-state index contributed by atoms with van der Waals surface area (Å²) < 4.78 is 0. The lowest BCUT2D eigenvalue weighted by Gasteiger charge is -2.06. The zero-order valence-electron chi connectivity index (χ0n) is 10.6. The Morgan fingerprint density at radius 2 is 2.11 bits per heavy atom. The van der Waals surface area contributed by atoms with Crippen LogP contribution in [0.25, 0.3) is 0 Å². The lowest BCUT2D eigenvalue weighted by Crippen LogP contribution is -2.10. The fourth-order valence-electron chi connectivity index (χ4n) is 1.77. The minimum atomic E-state index is -0.156. The van der Waals surface area contributed by atoms with Gasteiger partial charge in [0, 0.05) is 4.88 Å². The van der Waals surface area contributed by atoms with Crippen molar-refractivity contribution in [3.63, 3.8) is 0 Å². The van der Waals surface area contributed by atoms with Crippen LogP contribution in [0.4, 0.5) is 5.69 Å². The summed E-state index contributed by atoms with van der Waals surface area (Å²) >= 11 is 13.4. The molecule has 0 unspecified atom stereocenters. The van der Waals surface area contributed by atoms with Crippen molar-refractivity contribution in [2.75, 3.05) is 5.32 Å². The molecule has 1 aromatic heterocycles. The smallest absolute Gasteiger partial charge is 0.265 e. The van der Waals surface area contributed by atoms with E-state index in [4.69, 9.17) is 23.2 Å². The van der Waals surface area contributed by atoms with E-state index in [0.717, 1.165) is 6.42 Å². The molecule has 1 amide bonds. The maximum atomic E-state index is 12.2. The topological polar surface area (TPSA) is 29.1 Å². The second-order valence-corrected chi connectivity index (χ2v) is 6.14. The summed E-state index contributed by atoms with van der Waals surface area (Å²) in [6.07, 6.45) is 0.924. The number of rotatable bonds is 3. The lowest BCUT2D eigenvalue weighted by molar-refractivity contribution is 0.103. The Balaban J connectivity index is 2.23. The van der Waals surface area contributed by atoms with Crippen LogP contribution in [0, 0.1) is 6.92 Å². The van der Waals surface area contributed by atoms with E-state index in [1.165, 1.54) is 21.8 Å². The predicted molar refractivity (Wildman–Crippen MR) is 82.8 cm³/mol. The van der Waals surface area contributed by atoms with Crippen molar-refractivity contribution in [2.24, 2.45) is 0 Å². The van der Waals surface area contributed by atoms with Crippen LogP contribution < -0.4 is 5.32 Å². The Morgan fingerprint density at radius 3 is 2.74 bits per heavy atom. The number of thiophene rings is 1. The normalized spacial score (nSPS) is 10.5. The van der Waals surface area contributed by atoms with E-state index in [-0.39, 0.29) is 5.91 Å². The fourth-order valence-corrected chi connectivity index (χ4v) is 3.12. The lowest BCUT2D eigenvalue weighted by atomic mass is 10.2. The first-order valence-corrected chi connectivity index (χ1v) is 7.44. The maximum Gasteiger partial charge on any atom is 0.265 e. The molecule has 1 N–H and O–H groups in total. The van der Waals surface area contributed by atoms with Gasteiger partial charge in [-0.2, -0.15) is 0 Å². The van der Waals surface area contributed by atoms with Crippen molar-refractivity contribution in [3.05, 3.63) is 49.6 Å². The van der Waals surface area contributed by atoms with Gasteiger partial charge >= 0.3 is 0 Å². The number of anilines is 1. The van der Waals surface area contributed by atoms with Gasteiger partial charge < -0.3 is 5.32 Å². The van der Waals surface area contributed by atoms with E-state index in [2.05, 4.69) is 12.2 Å². The van der Waals surface area contributed by atoms with Crippen molar-refractivity contribution in [1.82, 2.24) is 0 Å². The van der Waals surface area contributed by atoms with Crippen LogP contribution >= 0.6 is 34.5 Å². The molecule has 0 radical (unpaired) electrons. The maximum absolute atomic E-state index is 12.2. The molecule has 19 heavy (non-hydrogen) atoms. The monoisotopic (exact) mass is 313 g/mol. The highest BCUT2D eigenvalue weighted by Gasteiger charge is 2.13. The molecule has 0 aliphatic rings. The summed E-state index contributed by atoms with van der Waals surface area (Å²) in [5, 5.41) is 3.58. The van der Waals surface area contributed by atoms with Gasteiger partial charge in [-0.25, -0.2) is 0 Å². The summed E-state index contributed by atoms with van der Waals surface area (Å²) in [6, 6.07) is 7.09. The molecule has 100 valence electrons. The van der Waals surface area contributed by atoms with E-state index < -0.39 is 0 Å². The molecule has 5 heteroatoms. The molecule has 0 aliphatic heterocycles. The average Bonchev–Trinajstić information content (AvgIpc) is 2.76. The highest BCUT2D eigenvalue weighted by Crippen LogP contribution is 2.30. The molecule has 0 bridgehead atoms. The molecular formula is C14H13Cl2NOS. The third-order valence-electron chi connectivity index (χ3n) is 2.83. The summed E-state index contributed by atoms with van der Waals surface area (Å²) in [6.45, 7) is 4.09. The molecule has 1 heterocycles. The quantitative estimate of drug-likeness (QED) is 0.831. The van der Waals surface area contributed by atoms with E-state index in [0.29, 0.717) is 20.6 Å². The van der Waals surface area contributed by atoms with Gasteiger partial charge in [-0.15, -0.1) is 11.3 Å². The van der Waals surface area contributed by atoms with Gasteiger partial charge in [0.05, 0.1) is 20.6 Å². The van der Waals surface area contributed by atoms with Crippen LogP contribution in [0.5, 0.6) is 0 Å². The Bertz CT molecular complexity index is 622. The van der Waals surface area contributed by atoms with Gasteiger partial charge in [0.25, 0.3) is 5.91 Å². The number of aryl methyl sites for hydroxylation is 2. The number of benzene rings is 1. The van der Waals surface area contributed by atoms with Crippen LogP contribution in [0.3, 0.4) is 0 Å². The second kappa shape index (κ2) is 5.95. The first-order valence-electron chi connectivity index (χ1n) is 5.87. The van der Waals surface area contributed by atoms with Gasteiger partial charge in [-0.1, -0.05) is 36.2 Å². The number of carbonyl (C=O) groups is 1. The van der Waals surface area contributed by atoms with Gasteiger partial charge in [0.15, 0.2) is 0 Å². The van der Waals surface area contributed by atoms with Crippen LogP contribution in [-0.4, -0.2) is 5.91 Å². The summed E-state index contributed by atoms with van der Waals surface area (Å²) in [4.78, 5) is 14.0. The van der Waals surface area contributed by atoms with Crippen molar-refractivity contribution in [2.45, 2.75) is 20.3 Å². The number of nitrogens with one attached hydrogen (secondary N) is 1. The summed E-state index contributed by atoms with van der Waals surface area (Å²) in [5.41, 5.74) is 1.73. The highest BCUT2D eigenvalue weighted by atomic mass is 35.5. The largest absolute Gasteiger partial charge is 0.320 e. The van der Waals surface area contributed by atoms with Crippen LogP contribution in [0.2, 0.25) is 10.0 Å². The van der Waals surface area contributed by atoms with Gasteiger partial charge in [0.2, 0.25) is 0 Å². The van der Waals surface area contributed by atoms with Crippen molar-refractivity contribution in [3.8, 4) is 0 Å². The zero-order valence-corrected chi connectivity index (χ0v) is 12.9. The summed E-state index contributed by atoms with van der Waals surface area (Å²) in [5.74, 6) is -0.156. The van der Waals surface area contributed by atoms with E-state index in [1.54, 1.807) is 18.2 Å². The first kappa shape index (κ1) is 14.4. The van der Waals surface area contributed by atoms with E-state index >= 15 is 0 Å². The molecule has 0 aliphatic carbocycles. The standard InChI is InChI=1S/C14H13Cl2NOS/c1-3-9-7-12(19-8(9)2)14(18)17-11-6-4-5-10(15)13(11)16/h4-7H,3H2,1-2H3,(H,17,18). The molecule has 0 atom stereocenters. The molecule has 0 fully saturated rings. The van der Waals surface area contributed by atoms with Gasteiger partial charge in [-0.3, -0.25) is 4.79 Å². The average molecular weight is 314 g/mol. The molecule has 1 aromatic carbocycles. The third-order valence-corrected chi connectivity index (χ3v) is 4.74. The molecule has 2 rings (SSSR count). The van der Waals surface area contributed by atoms with Gasteiger partial charge in [-0.05, 0) is 37.1 Å². The van der Waals surface area contributed by atoms with Crippen LogP contribution in [-0.2, 0) is 6.42 Å². The number of hydrogen-bond acceptors (Lipinski definition) is 2. The molecule has 2 nitrogen and oxygen atoms in total. The van der Waals surface area contributed by atoms with Crippen LogP contribution in [0.1, 0.15) is 27.0 Å². The Kier molecular flexibility index (Phi) is 4.50. The molecule has 2 aromatic rings.